The first-order chi connectivity index (χ1) is 16.7. The van der Waals surface area contributed by atoms with Gasteiger partial charge in [0.25, 0.3) is 5.89 Å². The summed E-state index contributed by atoms with van der Waals surface area (Å²) in [6, 6.07) is 8.45. The number of guanidine groups is 1. The van der Waals surface area contributed by atoms with Crippen LogP contribution >= 0.6 is 0 Å². The van der Waals surface area contributed by atoms with Crippen LogP contribution in [0, 0.1) is 0 Å². The Hall–Kier alpha value is -2.83. The Morgan fingerprint density at radius 2 is 1.74 bits per heavy atom. The lowest BCUT2D eigenvalue weighted by atomic mass is 10.1. The van der Waals surface area contributed by atoms with Crippen molar-refractivity contribution in [2.24, 2.45) is 11.5 Å². The number of rotatable bonds is 13. The second-order valence-corrected chi connectivity index (χ2v) is 9.67. The van der Waals surface area contributed by atoms with Gasteiger partial charge in [0.05, 0.1) is 6.54 Å². The summed E-state index contributed by atoms with van der Waals surface area (Å²) in [4.78, 5) is 4.76. The zero-order chi connectivity index (χ0) is 23.8. The van der Waals surface area contributed by atoms with Gasteiger partial charge in [0, 0.05) is 29.2 Å². The summed E-state index contributed by atoms with van der Waals surface area (Å²) in [7, 11) is 0. The van der Waals surface area contributed by atoms with Gasteiger partial charge in [-0.1, -0.05) is 88.1 Å². The van der Waals surface area contributed by atoms with Crippen molar-refractivity contribution in [3.05, 3.63) is 36.4 Å². The molecule has 1 aromatic carbocycles. The van der Waals surface area contributed by atoms with E-state index in [2.05, 4.69) is 47.1 Å². The molecule has 7 heteroatoms. The highest BCUT2D eigenvalue weighted by Crippen LogP contribution is 2.32. The fraction of sp³-hybridized carbons (Fsp3) is 0.593. The average Bonchev–Trinajstić information content (AvgIpc) is 3.58. The summed E-state index contributed by atoms with van der Waals surface area (Å²) in [5, 5.41) is 5.49. The number of fused-ring (bicyclic) bond motifs is 1. The van der Waals surface area contributed by atoms with Gasteiger partial charge in [-0.2, -0.15) is 4.98 Å². The molecule has 184 valence electrons. The summed E-state index contributed by atoms with van der Waals surface area (Å²) < 4.78 is 9.97. The fourth-order valence-electron chi connectivity index (χ4n) is 5.19. The van der Waals surface area contributed by atoms with E-state index in [1.54, 1.807) is 0 Å². The monoisotopic (exact) mass is 465 g/mol. The summed E-state index contributed by atoms with van der Waals surface area (Å²) in [6.45, 7) is 4.11. The highest BCUT2D eigenvalue weighted by Gasteiger charge is 2.31. The van der Waals surface area contributed by atoms with E-state index >= 15 is 0 Å². The molecule has 7 nitrogen and oxygen atoms in total. The maximum absolute atomic E-state index is 5.86. The lowest BCUT2D eigenvalue weighted by molar-refractivity contribution is -0.555. The number of benzene rings is 1. The Morgan fingerprint density at radius 1 is 1.03 bits per heavy atom. The van der Waals surface area contributed by atoms with Crippen LogP contribution in [0.3, 0.4) is 0 Å². The average molecular weight is 466 g/mol. The molecule has 4 N–H and O–H groups in total. The third-order valence-corrected chi connectivity index (χ3v) is 7.09. The molecule has 1 aliphatic heterocycles. The highest BCUT2D eigenvalue weighted by atomic mass is 16.5. The third-order valence-electron chi connectivity index (χ3n) is 7.09. The maximum Gasteiger partial charge on any atom is 0.341 e. The Bertz CT molecular complexity index is 1080. The molecule has 34 heavy (non-hydrogen) atoms. The minimum atomic E-state index is -0.0359. The molecule has 2 aromatic heterocycles. The van der Waals surface area contributed by atoms with Crippen LogP contribution in [0.1, 0.15) is 95.9 Å². The SMILES string of the molecule is CCCCCCCCCCCCn1cc(-c2noc([C@@H]3CCC[N+]3=C(N)N)n2)c2ccccc21. The number of nitrogens with zero attached hydrogens (tertiary/aromatic N) is 4. The van der Waals surface area contributed by atoms with Crippen LogP contribution in [0.5, 0.6) is 0 Å². The van der Waals surface area contributed by atoms with Gasteiger partial charge in [-0.15, -0.1) is 0 Å². The van der Waals surface area contributed by atoms with Gasteiger partial charge < -0.3 is 9.09 Å². The van der Waals surface area contributed by atoms with Crippen molar-refractivity contribution in [2.75, 3.05) is 6.54 Å². The molecule has 1 aliphatic rings. The van der Waals surface area contributed by atoms with Gasteiger partial charge in [0.15, 0.2) is 6.04 Å². The van der Waals surface area contributed by atoms with Gasteiger partial charge in [0.2, 0.25) is 5.82 Å². The van der Waals surface area contributed by atoms with E-state index in [0.29, 0.717) is 17.7 Å². The largest absolute Gasteiger partial charge is 0.347 e. The lowest BCUT2D eigenvalue weighted by Crippen LogP contribution is -2.35. The number of hydrogen-bond acceptors (Lipinski definition) is 3. The standard InChI is InChI=1S/C27H40N6O/c1-2-3-4-5-6-7-8-9-10-13-18-32-20-22(21-15-11-12-16-23(21)32)25-30-26(34-31-25)24-17-14-19-33(24)27(28)29/h11-12,15-16,20,24H,2-10,13-14,17-19H2,1H3,(H3,28,29)/p+1/t24-/m0/s1. The van der Waals surface area contributed by atoms with Gasteiger partial charge >= 0.3 is 5.96 Å². The van der Waals surface area contributed by atoms with Crippen molar-refractivity contribution in [1.29, 1.82) is 0 Å². The molecule has 0 bridgehead atoms. The molecule has 0 spiro atoms. The summed E-state index contributed by atoms with van der Waals surface area (Å²) >= 11 is 0. The molecule has 0 amide bonds. The Kier molecular flexibility index (Phi) is 8.61. The van der Waals surface area contributed by atoms with Crippen molar-refractivity contribution >= 4 is 16.9 Å². The van der Waals surface area contributed by atoms with Gasteiger partial charge in [0.1, 0.15) is 0 Å². The quantitative estimate of drug-likeness (QED) is 0.191. The van der Waals surface area contributed by atoms with Gasteiger partial charge in [-0.3, -0.25) is 16.0 Å². The molecule has 1 saturated heterocycles. The van der Waals surface area contributed by atoms with Crippen molar-refractivity contribution in [3.63, 3.8) is 0 Å². The first-order valence-corrected chi connectivity index (χ1v) is 13.3. The molecule has 1 atom stereocenters. The van der Waals surface area contributed by atoms with E-state index in [1.807, 2.05) is 4.58 Å². The van der Waals surface area contributed by atoms with Crippen molar-refractivity contribution in [2.45, 2.75) is 96.6 Å². The Balaban J connectivity index is 1.36. The number of unbranched alkanes of at least 4 members (excludes halogenated alkanes) is 9. The van der Waals surface area contributed by atoms with Crippen LogP contribution in [0.25, 0.3) is 22.3 Å². The molecule has 0 radical (unpaired) electrons. The molecule has 3 heterocycles. The number of para-hydroxylation sites is 1. The van der Waals surface area contributed by atoms with Gasteiger partial charge in [-0.25, -0.2) is 0 Å². The molecule has 1 fully saturated rings. The van der Waals surface area contributed by atoms with Crippen LogP contribution in [0.15, 0.2) is 35.0 Å². The van der Waals surface area contributed by atoms with Crippen LogP contribution in [0.2, 0.25) is 0 Å². The topological polar surface area (TPSA) is 98.9 Å². The van der Waals surface area contributed by atoms with Crippen LogP contribution in [0.4, 0.5) is 0 Å². The second-order valence-electron chi connectivity index (χ2n) is 9.67. The maximum atomic E-state index is 5.86. The first-order valence-electron chi connectivity index (χ1n) is 13.3. The molecule has 0 saturated carbocycles. The number of aromatic nitrogens is 3. The zero-order valence-corrected chi connectivity index (χ0v) is 20.7. The van der Waals surface area contributed by atoms with E-state index in [-0.39, 0.29) is 6.04 Å². The lowest BCUT2D eigenvalue weighted by Gasteiger charge is -2.06. The molecule has 4 rings (SSSR count). The van der Waals surface area contributed by atoms with Crippen molar-refractivity contribution < 1.29 is 9.10 Å². The third kappa shape index (κ3) is 5.80. The van der Waals surface area contributed by atoms with E-state index in [4.69, 9.17) is 21.0 Å². The predicted octanol–water partition coefficient (Wildman–Crippen LogP) is 5.73. The molecule has 0 unspecified atom stereocenters. The van der Waals surface area contributed by atoms with Crippen molar-refractivity contribution in [3.8, 4) is 11.4 Å². The van der Waals surface area contributed by atoms with Crippen LogP contribution < -0.4 is 11.5 Å². The number of hydrogen-bond donors (Lipinski definition) is 2. The van der Waals surface area contributed by atoms with E-state index < -0.39 is 0 Å². The molecular formula is C27H41N6O+. The van der Waals surface area contributed by atoms with Gasteiger partial charge in [-0.05, 0) is 25.3 Å². The van der Waals surface area contributed by atoms with E-state index in [1.165, 1.54) is 69.7 Å². The first kappa shape index (κ1) is 24.3. The Labute approximate surface area is 203 Å². The zero-order valence-electron chi connectivity index (χ0n) is 20.7. The number of nitrogens with two attached hydrogens (primary N) is 2. The van der Waals surface area contributed by atoms with E-state index in [0.717, 1.165) is 36.9 Å². The summed E-state index contributed by atoms with van der Waals surface area (Å²) in [6.07, 6.45) is 17.6. The summed E-state index contributed by atoms with van der Waals surface area (Å²) in [5.41, 5.74) is 14.0. The number of aryl methyl sites for hydroxylation is 1. The predicted molar refractivity (Wildman–Crippen MR) is 138 cm³/mol. The Morgan fingerprint density at radius 3 is 2.47 bits per heavy atom. The van der Waals surface area contributed by atoms with E-state index in [9.17, 15) is 0 Å². The highest BCUT2D eigenvalue weighted by molar-refractivity contribution is 5.94. The molecule has 0 aliphatic carbocycles. The minimum Gasteiger partial charge on any atom is -0.347 e. The second kappa shape index (κ2) is 12.0. The molecular weight excluding hydrogens is 424 g/mol. The molecule has 3 aromatic rings. The normalized spacial score (nSPS) is 16.0. The van der Waals surface area contributed by atoms with Crippen LogP contribution in [-0.2, 0) is 6.54 Å². The summed E-state index contributed by atoms with van der Waals surface area (Å²) in [5.74, 6) is 1.54. The fourth-order valence-corrected chi connectivity index (χ4v) is 5.19. The van der Waals surface area contributed by atoms with Crippen molar-refractivity contribution in [1.82, 2.24) is 14.7 Å². The minimum absolute atomic E-state index is 0.0359. The van der Waals surface area contributed by atoms with Crippen LogP contribution in [-0.4, -0.2) is 31.8 Å². The smallest absolute Gasteiger partial charge is 0.341 e.